The van der Waals surface area contributed by atoms with E-state index in [1.54, 1.807) is 0 Å². The molecule has 0 unspecified atom stereocenters. The first-order chi connectivity index (χ1) is 13.8. The van der Waals surface area contributed by atoms with Gasteiger partial charge in [0.05, 0.1) is 22.7 Å². The van der Waals surface area contributed by atoms with Crippen molar-refractivity contribution in [2.45, 2.75) is 13.8 Å². The molecule has 4 aromatic carbocycles. The standard InChI is InChI=1S/C26H22N2/c1-19-11-6-7-15-22(19)28-24-17-9-8-16-23(24)27(21-13-4-3-5-14-21)25-18-10-12-20(2)26(25)28/h3-18H,1-2H3. The van der Waals surface area contributed by atoms with Crippen molar-refractivity contribution in [1.82, 2.24) is 0 Å². The Balaban J connectivity index is 1.85. The van der Waals surface area contributed by atoms with E-state index in [0.717, 1.165) is 0 Å². The van der Waals surface area contributed by atoms with Crippen molar-refractivity contribution in [2.75, 3.05) is 9.80 Å². The molecule has 0 atom stereocenters. The zero-order valence-corrected chi connectivity index (χ0v) is 16.1. The molecule has 0 radical (unpaired) electrons. The Bertz CT molecular complexity index is 1150. The Hall–Kier alpha value is -3.52. The van der Waals surface area contributed by atoms with Gasteiger partial charge in [-0.15, -0.1) is 0 Å². The molecular weight excluding hydrogens is 340 g/mol. The van der Waals surface area contributed by atoms with Crippen LogP contribution in [-0.4, -0.2) is 0 Å². The van der Waals surface area contributed by atoms with Gasteiger partial charge in [-0.1, -0.05) is 60.7 Å². The molecule has 136 valence electrons. The van der Waals surface area contributed by atoms with Gasteiger partial charge in [0.2, 0.25) is 0 Å². The van der Waals surface area contributed by atoms with Crippen LogP contribution in [0.5, 0.6) is 0 Å². The van der Waals surface area contributed by atoms with E-state index in [4.69, 9.17) is 0 Å². The van der Waals surface area contributed by atoms with Crippen LogP contribution in [0.4, 0.5) is 34.1 Å². The number of anilines is 6. The number of para-hydroxylation sites is 5. The first kappa shape index (κ1) is 16.6. The van der Waals surface area contributed by atoms with Crippen LogP contribution in [-0.2, 0) is 0 Å². The highest BCUT2D eigenvalue weighted by Crippen LogP contribution is 2.55. The molecule has 1 aliphatic rings. The number of benzene rings is 4. The molecule has 0 N–H and O–H groups in total. The average Bonchev–Trinajstić information content (AvgIpc) is 2.74. The summed E-state index contributed by atoms with van der Waals surface area (Å²) >= 11 is 0. The van der Waals surface area contributed by atoms with Gasteiger partial charge in [0, 0.05) is 11.4 Å². The van der Waals surface area contributed by atoms with Crippen molar-refractivity contribution >= 4 is 34.1 Å². The fraction of sp³-hybridized carbons (Fsp3) is 0.0769. The third kappa shape index (κ3) is 2.49. The summed E-state index contributed by atoms with van der Waals surface area (Å²) in [4.78, 5) is 4.78. The molecule has 0 saturated heterocycles. The van der Waals surface area contributed by atoms with E-state index in [0.29, 0.717) is 0 Å². The van der Waals surface area contributed by atoms with E-state index in [1.165, 1.54) is 45.3 Å². The summed E-state index contributed by atoms with van der Waals surface area (Å²) in [7, 11) is 0. The molecule has 0 aliphatic carbocycles. The van der Waals surface area contributed by atoms with Crippen molar-refractivity contribution in [3.05, 3.63) is 108 Å². The molecule has 0 amide bonds. The van der Waals surface area contributed by atoms with Crippen molar-refractivity contribution in [2.24, 2.45) is 0 Å². The zero-order chi connectivity index (χ0) is 19.1. The lowest BCUT2D eigenvalue weighted by Crippen LogP contribution is -2.25. The van der Waals surface area contributed by atoms with Gasteiger partial charge >= 0.3 is 0 Å². The second kappa shape index (κ2) is 6.58. The summed E-state index contributed by atoms with van der Waals surface area (Å²) in [5.41, 5.74) is 9.74. The molecule has 0 bridgehead atoms. The lowest BCUT2D eigenvalue weighted by Gasteiger charge is -2.41. The molecule has 1 aliphatic heterocycles. The van der Waals surface area contributed by atoms with Gasteiger partial charge in [0.1, 0.15) is 0 Å². The highest BCUT2D eigenvalue weighted by molar-refractivity contribution is 6.02. The van der Waals surface area contributed by atoms with Crippen molar-refractivity contribution in [3.63, 3.8) is 0 Å². The molecule has 5 rings (SSSR count). The summed E-state index contributed by atoms with van der Waals surface area (Å²) < 4.78 is 0. The lowest BCUT2D eigenvalue weighted by molar-refractivity contribution is 1.14. The number of hydrogen-bond donors (Lipinski definition) is 0. The molecule has 4 aromatic rings. The second-order valence-electron chi connectivity index (χ2n) is 7.22. The first-order valence-electron chi connectivity index (χ1n) is 9.65. The molecule has 0 fully saturated rings. The zero-order valence-electron chi connectivity index (χ0n) is 16.1. The Labute approximate surface area is 166 Å². The number of rotatable bonds is 2. The van der Waals surface area contributed by atoms with Gasteiger partial charge in [-0.3, -0.25) is 0 Å². The first-order valence-corrected chi connectivity index (χ1v) is 9.65. The number of nitrogens with zero attached hydrogens (tertiary/aromatic N) is 2. The largest absolute Gasteiger partial charge is 0.306 e. The third-order valence-corrected chi connectivity index (χ3v) is 5.42. The van der Waals surface area contributed by atoms with Crippen molar-refractivity contribution < 1.29 is 0 Å². The van der Waals surface area contributed by atoms with Crippen molar-refractivity contribution in [1.29, 1.82) is 0 Å². The van der Waals surface area contributed by atoms with Crippen LogP contribution in [0.2, 0.25) is 0 Å². The highest BCUT2D eigenvalue weighted by atomic mass is 15.3. The van der Waals surface area contributed by atoms with E-state index in [1.807, 2.05) is 0 Å². The smallest absolute Gasteiger partial charge is 0.0732 e. The van der Waals surface area contributed by atoms with Gasteiger partial charge in [0.25, 0.3) is 0 Å². The maximum Gasteiger partial charge on any atom is 0.0732 e. The fourth-order valence-corrected chi connectivity index (χ4v) is 4.13. The molecule has 2 nitrogen and oxygen atoms in total. The van der Waals surface area contributed by atoms with Crippen LogP contribution in [0, 0.1) is 13.8 Å². The second-order valence-corrected chi connectivity index (χ2v) is 7.22. The molecule has 0 spiro atoms. The fourth-order valence-electron chi connectivity index (χ4n) is 4.13. The van der Waals surface area contributed by atoms with E-state index < -0.39 is 0 Å². The van der Waals surface area contributed by atoms with Gasteiger partial charge < -0.3 is 9.80 Å². The summed E-state index contributed by atoms with van der Waals surface area (Å²) in [6, 6.07) is 34.4. The third-order valence-electron chi connectivity index (χ3n) is 5.42. The number of fused-ring (bicyclic) bond motifs is 2. The van der Waals surface area contributed by atoms with E-state index in [2.05, 4.69) is 121 Å². The van der Waals surface area contributed by atoms with Gasteiger partial charge in [-0.05, 0) is 61.4 Å². The Morgan fingerprint density at radius 1 is 0.429 bits per heavy atom. The minimum atomic E-state index is 1.17. The number of aryl methyl sites for hydroxylation is 2. The van der Waals surface area contributed by atoms with Gasteiger partial charge in [0.15, 0.2) is 0 Å². The maximum absolute atomic E-state index is 2.41. The Morgan fingerprint density at radius 2 is 0.964 bits per heavy atom. The lowest BCUT2D eigenvalue weighted by atomic mass is 10.0. The Morgan fingerprint density at radius 3 is 1.68 bits per heavy atom. The average molecular weight is 362 g/mol. The molecule has 0 saturated carbocycles. The molecule has 28 heavy (non-hydrogen) atoms. The molecule has 0 aromatic heterocycles. The predicted octanol–water partition coefficient (Wildman–Crippen LogP) is 7.56. The summed E-state index contributed by atoms with van der Waals surface area (Å²) in [5, 5.41) is 0. The van der Waals surface area contributed by atoms with E-state index in [9.17, 15) is 0 Å². The molecule has 2 heteroatoms. The maximum atomic E-state index is 2.41. The van der Waals surface area contributed by atoms with Crippen LogP contribution in [0.3, 0.4) is 0 Å². The summed E-state index contributed by atoms with van der Waals surface area (Å²) in [5.74, 6) is 0. The van der Waals surface area contributed by atoms with Gasteiger partial charge in [-0.25, -0.2) is 0 Å². The normalized spacial score (nSPS) is 12.5. The molecular formula is C26H22N2. The Kier molecular flexibility index (Phi) is 3.91. The van der Waals surface area contributed by atoms with Gasteiger partial charge in [-0.2, -0.15) is 0 Å². The van der Waals surface area contributed by atoms with Crippen LogP contribution < -0.4 is 9.80 Å². The highest BCUT2D eigenvalue weighted by Gasteiger charge is 2.31. The van der Waals surface area contributed by atoms with E-state index >= 15 is 0 Å². The minimum absolute atomic E-state index is 1.17. The van der Waals surface area contributed by atoms with Crippen molar-refractivity contribution in [3.8, 4) is 0 Å². The SMILES string of the molecule is Cc1ccccc1N1c2ccccc2N(c2ccccc2)c2cccc(C)c21. The quantitative estimate of drug-likeness (QED) is 0.320. The predicted molar refractivity (Wildman–Crippen MR) is 119 cm³/mol. The monoisotopic (exact) mass is 362 g/mol. The van der Waals surface area contributed by atoms with Crippen LogP contribution >= 0.6 is 0 Å². The van der Waals surface area contributed by atoms with Crippen LogP contribution in [0.25, 0.3) is 0 Å². The minimum Gasteiger partial charge on any atom is -0.306 e. The van der Waals surface area contributed by atoms with E-state index in [-0.39, 0.29) is 0 Å². The summed E-state index contributed by atoms with van der Waals surface area (Å²) in [6.07, 6.45) is 0. The topological polar surface area (TPSA) is 6.48 Å². The number of hydrogen-bond acceptors (Lipinski definition) is 2. The van der Waals surface area contributed by atoms with Crippen LogP contribution in [0.1, 0.15) is 11.1 Å². The molecule has 1 heterocycles. The van der Waals surface area contributed by atoms with Crippen LogP contribution in [0.15, 0.2) is 97.1 Å². The summed E-state index contributed by atoms with van der Waals surface area (Å²) in [6.45, 7) is 4.38.